The van der Waals surface area contributed by atoms with E-state index < -0.39 is 6.61 Å². The molecule has 5 heteroatoms. The van der Waals surface area contributed by atoms with Gasteiger partial charge < -0.3 is 4.74 Å². The number of ether oxygens (including phenoxy) is 1. The molecule has 0 aliphatic carbocycles. The Hall–Kier alpha value is -1.65. The summed E-state index contributed by atoms with van der Waals surface area (Å²) in [6.07, 6.45) is 5.08. The number of alkyl halides is 2. The Morgan fingerprint density at radius 2 is 1.89 bits per heavy atom. The third-order valence-corrected chi connectivity index (χ3v) is 2.83. The van der Waals surface area contributed by atoms with Crippen molar-refractivity contribution in [3.8, 4) is 5.75 Å². The number of hydrogen-bond acceptors (Lipinski definition) is 3. The van der Waals surface area contributed by atoms with Gasteiger partial charge in [0.15, 0.2) is 0 Å². The van der Waals surface area contributed by atoms with Crippen LogP contribution in [0.2, 0.25) is 0 Å². The van der Waals surface area contributed by atoms with Crippen LogP contribution in [0, 0.1) is 0 Å². The van der Waals surface area contributed by atoms with Crippen LogP contribution in [0.5, 0.6) is 5.75 Å². The van der Waals surface area contributed by atoms with E-state index >= 15 is 0 Å². The molecular formula is C13H16F2N2O. The lowest BCUT2D eigenvalue weighted by molar-refractivity contribution is -0.0499. The van der Waals surface area contributed by atoms with Crippen LogP contribution in [0.15, 0.2) is 29.4 Å². The number of rotatable bonds is 4. The molecule has 0 saturated carbocycles. The van der Waals surface area contributed by atoms with Gasteiger partial charge >= 0.3 is 6.61 Å². The van der Waals surface area contributed by atoms with Gasteiger partial charge in [0, 0.05) is 18.7 Å². The molecule has 0 radical (unpaired) electrons. The highest BCUT2D eigenvalue weighted by Crippen LogP contribution is 2.18. The average molecular weight is 254 g/mol. The molecule has 98 valence electrons. The molecule has 1 heterocycles. The van der Waals surface area contributed by atoms with Crippen LogP contribution in [0.4, 0.5) is 8.78 Å². The molecule has 0 bridgehead atoms. The molecule has 1 fully saturated rings. The smallest absolute Gasteiger partial charge is 0.387 e. The van der Waals surface area contributed by atoms with Crippen LogP contribution >= 0.6 is 0 Å². The second-order valence-electron chi connectivity index (χ2n) is 4.18. The molecule has 0 amide bonds. The fraction of sp³-hybridized carbons (Fsp3) is 0.462. The number of nitrogens with zero attached hydrogens (tertiary/aromatic N) is 2. The highest BCUT2D eigenvalue weighted by atomic mass is 19.3. The average Bonchev–Trinajstić information content (AvgIpc) is 2.38. The zero-order valence-electron chi connectivity index (χ0n) is 10.1. The summed E-state index contributed by atoms with van der Waals surface area (Å²) in [5.41, 5.74) is 0.573. The van der Waals surface area contributed by atoms with Gasteiger partial charge in [-0.25, -0.2) is 0 Å². The molecule has 2 rings (SSSR count). The fourth-order valence-corrected chi connectivity index (χ4v) is 1.93. The summed E-state index contributed by atoms with van der Waals surface area (Å²) in [6.45, 7) is -0.961. The quantitative estimate of drug-likeness (QED) is 0.771. The van der Waals surface area contributed by atoms with Gasteiger partial charge in [-0.2, -0.15) is 13.9 Å². The van der Waals surface area contributed by atoms with E-state index in [0.29, 0.717) is 5.56 Å². The van der Waals surface area contributed by atoms with Gasteiger partial charge in [-0.15, -0.1) is 0 Å². The van der Waals surface area contributed by atoms with Crippen LogP contribution in [0.3, 0.4) is 0 Å². The van der Waals surface area contributed by atoms with E-state index in [1.165, 1.54) is 12.5 Å². The lowest BCUT2D eigenvalue weighted by atomic mass is 10.2. The SMILES string of the molecule is FC(F)Oc1ccccc1/C=N/N1CCCCC1. The topological polar surface area (TPSA) is 24.8 Å². The van der Waals surface area contributed by atoms with Gasteiger partial charge in [-0.3, -0.25) is 5.01 Å². The molecule has 0 spiro atoms. The zero-order chi connectivity index (χ0) is 12.8. The van der Waals surface area contributed by atoms with Gasteiger partial charge in [0.05, 0.1) is 6.21 Å². The molecule has 3 nitrogen and oxygen atoms in total. The van der Waals surface area contributed by atoms with Gasteiger partial charge in [0.1, 0.15) is 5.75 Å². The predicted octanol–water partition coefficient (Wildman–Crippen LogP) is 3.11. The minimum atomic E-state index is -2.81. The van der Waals surface area contributed by atoms with Crippen LogP contribution in [0.25, 0.3) is 0 Å². The molecule has 1 aliphatic heterocycles. The summed E-state index contributed by atoms with van der Waals surface area (Å²) < 4.78 is 28.9. The number of hydrazone groups is 1. The Morgan fingerprint density at radius 1 is 1.17 bits per heavy atom. The summed E-state index contributed by atoms with van der Waals surface area (Å²) in [4.78, 5) is 0. The molecule has 1 saturated heterocycles. The van der Waals surface area contributed by atoms with Crippen molar-refractivity contribution in [2.75, 3.05) is 13.1 Å². The van der Waals surface area contributed by atoms with E-state index in [0.717, 1.165) is 25.9 Å². The van der Waals surface area contributed by atoms with Crippen molar-refractivity contribution >= 4 is 6.21 Å². The largest absolute Gasteiger partial charge is 0.434 e. The third kappa shape index (κ3) is 3.68. The van der Waals surface area contributed by atoms with E-state index in [4.69, 9.17) is 0 Å². The Bertz CT molecular complexity index is 404. The number of piperidine rings is 1. The normalized spacial score (nSPS) is 16.5. The number of halogens is 2. The lowest BCUT2D eigenvalue weighted by Gasteiger charge is -2.23. The first-order chi connectivity index (χ1) is 8.75. The second-order valence-corrected chi connectivity index (χ2v) is 4.18. The molecule has 18 heavy (non-hydrogen) atoms. The molecular weight excluding hydrogens is 238 g/mol. The second kappa shape index (κ2) is 6.33. The van der Waals surface area contributed by atoms with Crippen molar-refractivity contribution in [2.45, 2.75) is 25.9 Å². The number of hydrogen-bond donors (Lipinski definition) is 0. The van der Waals surface area contributed by atoms with Crippen molar-refractivity contribution < 1.29 is 13.5 Å². The van der Waals surface area contributed by atoms with Crippen LogP contribution in [0.1, 0.15) is 24.8 Å². The minimum absolute atomic E-state index is 0.160. The lowest BCUT2D eigenvalue weighted by Crippen LogP contribution is -2.24. The Morgan fingerprint density at radius 3 is 2.61 bits per heavy atom. The number of benzene rings is 1. The molecule has 1 aromatic carbocycles. The van der Waals surface area contributed by atoms with E-state index in [1.54, 1.807) is 24.4 Å². The van der Waals surface area contributed by atoms with Crippen molar-refractivity contribution in [1.29, 1.82) is 0 Å². The molecule has 1 aromatic rings. The van der Waals surface area contributed by atoms with Crippen molar-refractivity contribution in [3.05, 3.63) is 29.8 Å². The van der Waals surface area contributed by atoms with Crippen LogP contribution in [-0.4, -0.2) is 30.9 Å². The number of para-hydroxylation sites is 1. The van der Waals surface area contributed by atoms with E-state index in [2.05, 4.69) is 9.84 Å². The summed E-state index contributed by atoms with van der Waals surface area (Å²) in [5.74, 6) is 0.160. The zero-order valence-corrected chi connectivity index (χ0v) is 10.1. The highest BCUT2D eigenvalue weighted by Gasteiger charge is 2.09. The standard InChI is InChI=1S/C13H16F2N2O/c14-13(15)18-12-7-3-2-6-11(12)10-16-17-8-4-1-5-9-17/h2-3,6-7,10,13H,1,4-5,8-9H2/b16-10+. The van der Waals surface area contributed by atoms with Crippen LogP contribution < -0.4 is 4.74 Å². The monoisotopic (exact) mass is 254 g/mol. The summed E-state index contributed by atoms with van der Waals surface area (Å²) >= 11 is 0. The first kappa shape index (κ1) is 12.8. The Balaban J connectivity index is 2.05. The predicted molar refractivity (Wildman–Crippen MR) is 66.1 cm³/mol. The summed E-state index contributed by atoms with van der Waals surface area (Å²) in [7, 11) is 0. The summed E-state index contributed by atoms with van der Waals surface area (Å²) in [5, 5.41) is 6.27. The highest BCUT2D eigenvalue weighted by molar-refractivity contribution is 5.83. The van der Waals surface area contributed by atoms with Crippen molar-refractivity contribution in [3.63, 3.8) is 0 Å². The molecule has 0 aromatic heterocycles. The van der Waals surface area contributed by atoms with Gasteiger partial charge in [-0.05, 0) is 31.4 Å². The van der Waals surface area contributed by atoms with Gasteiger partial charge in [0.2, 0.25) is 0 Å². The Labute approximate surface area is 105 Å². The molecule has 1 aliphatic rings. The maximum Gasteiger partial charge on any atom is 0.387 e. The maximum atomic E-state index is 12.2. The first-order valence-electron chi connectivity index (χ1n) is 6.08. The van der Waals surface area contributed by atoms with Crippen molar-refractivity contribution in [2.24, 2.45) is 5.10 Å². The van der Waals surface area contributed by atoms with E-state index in [1.807, 2.05) is 5.01 Å². The minimum Gasteiger partial charge on any atom is -0.434 e. The molecule has 0 atom stereocenters. The van der Waals surface area contributed by atoms with Gasteiger partial charge in [-0.1, -0.05) is 12.1 Å². The third-order valence-electron chi connectivity index (χ3n) is 2.83. The van der Waals surface area contributed by atoms with E-state index in [-0.39, 0.29) is 5.75 Å². The molecule has 0 unspecified atom stereocenters. The van der Waals surface area contributed by atoms with E-state index in [9.17, 15) is 8.78 Å². The fourth-order valence-electron chi connectivity index (χ4n) is 1.93. The van der Waals surface area contributed by atoms with Gasteiger partial charge in [0.25, 0.3) is 0 Å². The van der Waals surface area contributed by atoms with Crippen LogP contribution in [-0.2, 0) is 0 Å². The van der Waals surface area contributed by atoms with Crippen molar-refractivity contribution in [1.82, 2.24) is 5.01 Å². The first-order valence-corrected chi connectivity index (χ1v) is 6.08. The summed E-state index contributed by atoms with van der Waals surface area (Å²) in [6, 6.07) is 6.67. The maximum absolute atomic E-state index is 12.2. The molecule has 0 N–H and O–H groups in total. The Kier molecular flexibility index (Phi) is 4.50.